The molecule has 5 rings (SSSR count). The fourth-order valence-electron chi connectivity index (χ4n) is 4.63. The normalized spacial score (nSPS) is 21.6. The predicted octanol–water partition coefficient (Wildman–Crippen LogP) is 3.37. The second kappa shape index (κ2) is 7.60. The highest BCUT2D eigenvalue weighted by Gasteiger charge is 2.39. The molecule has 1 aromatic heterocycles. The molecule has 0 bridgehead atoms. The van der Waals surface area contributed by atoms with Gasteiger partial charge in [0, 0.05) is 0 Å². The van der Waals surface area contributed by atoms with Gasteiger partial charge in [-0.1, -0.05) is 32.0 Å². The van der Waals surface area contributed by atoms with Crippen molar-refractivity contribution >= 4 is 38.9 Å². The third kappa shape index (κ3) is 3.34. The lowest BCUT2D eigenvalue weighted by molar-refractivity contribution is -0.905. The molecule has 2 aliphatic rings. The maximum absolute atomic E-state index is 12.7. The second-order valence-corrected chi connectivity index (χ2v) is 9.78. The molecule has 0 aliphatic carbocycles. The number of aromatic nitrogens is 1. The number of rotatable bonds is 4. The number of hydrogen-bond donors (Lipinski definition) is 1. The number of para-hydroxylation sites is 1. The zero-order valence-electron chi connectivity index (χ0n) is 17.4. The zero-order chi connectivity index (χ0) is 20.8. The van der Waals surface area contributed by atoms with Gasteiger partial charge in [0.1, 0.15) is 5.01 Å². The van der Waals surface area contributed by atoms with Crippen LogP contribution < -0.4 is 9.80 Å². The monoisotopic (exact) mass is 420 g/mol. The Morgan fingerprint density at radius 1 is 1.20 bits per heavy atom. The fraction of sp³-hybridized carbons (Fsp3) is 0.375. The van der Waals surface area contributed by atoms with Gasteiger partial charge in [0.25, 0.3) is 5.78 Å². The summed E-state index contributed by atoms with van der Waals surface area (Å²) in [5.41, 5.74) is 3.49. The van der Waals surface area contributed by atoms with Crippen LogP contribution in [0.15, 0.2) is 42.5 Å². The fourth-order valence-corrected chi connectivity index (χ4v) is 5.73. The lowest BCUT2D eigenvalue weighted by Crippen LogP contribution is -3.15. The van der Waals surface area contributed by atoms with Gasteiger partial charge in [-0.05, 0) is 48.6 Å². The largest absolute Gasteiger partial charge is 0.317 e. The maximum atomic E-state index is 12.7. The molecular formula is C24H26N3O2S+. The second-order valence-electron chi connectivity index (χ2n) is 8.71. The van der Waals surface area contributed by atoms with Crippen LogP contribution in [0, 0.1) is 0 Å². The van der Waals surface area contributed by atoms with Crippen molar-refractivity contribution in [1.29, 1.82) is 0 Å². The first-order valence-electron chi connectivity index (χ1n) is 10.7. The number of amides is 1. The first kappa shape index (κ1) is 19.4. The van der Waals surface area contributed by atoms with Crippen molar-refractivity contribution in [2.24, 2.45) is 0 Å². The first-order chi connectivity index (χ1) is 14.5. The number of nitrogens with zero attached hydrogens (tertiary/aromatic N) is 2. The van der Waals surface area contributed by atoms with E-state index in [9.17, 15) is 9.59 Å². The van der Waals surface area contributed by atoms with Crippen molar-refractivity contribution in [3.8, 4) is 0 Å². The molecule has 3 heterocycles. The molecule has 3 aromatic rings. The Kier molecular flexibility index (Phi) is 4.91. The molecule has 2 atom stereocenters. The number of quaternary nitrogens is 1. The van der Waals surface area contributed by atoms with Crippen molar-refractivity contribution in [3.63, 3.8) is 0 Å². The van der Waals surface area contributed by atoms with Crippen molar-refractivity contribution in [2.75, 3.05) is 24.7 Å². The molecule has 0 radical (unpaired) electrons. The molecule has 1 N–H and O–H groups in total. The van der Waals surface area contributed by atoms with Crippen molar-refractivity contribution < 1.29 is 14.5 Å². The number of benzene rings is 2. The van der Waals surface area contributed by atoms with E-state index in [2.05, 4.69) is 32.0 Å². The molecule has 30 heavy (non-hydrogen) atoms. The Bertz CT molecular complexity index is 1100. The van der Waals surface area contributed by atoms with E-state index >= 15 is 0 Å². The van der Waals surface area contributed by atoms with E-state index in [4.69, 9.17) is 4.98 Å². The average Bonchev–Trinajstić information content (AvgIpc) is 3.29. The van der Waals surface area contributed by atoms with Gasteiger partial charge in [-0.15, -0.1) is 11.3 Å². The molecule has 1 fully saturated rings. The van der Waals surface area contributed by atoms with E-state index in [1.165, 1.54) is 14.6 Å². The number of ketones is 1. The van der Waals surface area contributed by atoms with Gasteiger partial charge in [-0.2, -0.15) is 0 Å². The molecule has 2 aliphatic heterocycles. The van der Waals surface area contributed by atoms with Gasteiger partial charge < -0.3 is 4.90 Å². The van der Waals surface area contributed by atoms with Gasteiger partial charge in [0.05, 0.1) is 40.5 Å². The topological polar surface area (TPSA) is 54.7 Å². The lowest BCUT2D eigenvalue weighted by atomic mass is 9.99. The molecule has 6 heteroatoms. The number of nitrogens with one attached hydrogen (secondary N) is 1. The van der Waals surface area contributed by atoms with Crippen molar-refractivity contribution in [1.82, 2.24) is 4.98 Å². The summed E-state index contributed by atoms with van der Waals surface area (Å²) < 4.78 is 1.23. The van der Waals surface area contributed by atoms with Crippen molar-refractivity contribution in [2.45, 2.75) is 38.5 Å². The number of carbonyl (C=O) groups excluding carboxylic acids is 2. The minimum atomic E-state index is -0.388. The van der Waals surface area contributed by atoms with Crippen LogP contribution in [0.4, 0.5) is 5.69 Å². The first-order valence-corrected chi connectivity index (χ1v) is 11.5. The Balaban J connectivity index is 1.36. The number of fused-ring (bicyclic) bond motifs is 2. The molecule has 2 aromatic carbocycles. The molecular weight excluding hydrogens is 394 g/mol. The van der Waals surface area contributed by atoms with Gasteiger partial charge >= 0.3 is 5.91 Å². The Hall–Kier alpha value is -2.57. The Morgan fingerprint density at radius 2 is 2.03 bits per heavy atom. The van der Waals surface area contributed by atoms with Crippen LogP contribution in [-0.2, 0) is 4.79 Å². The van der Waals surface area contributed by atoms with Gasteiger partial charge in [-0.25, -0.2) is 4.98 Å². The molecule has 1 unspecified atom stereocenters. The molecule has 5 nitrogen and oxygen atoms in total. The van der Waals surface area contributed by atoms with Crippen LogP contribution in [0.5, 0.6) is 0 Å². The lowest BCUT2D eigenvalue weighted by Gasteiger charge is -2.31. The summed E-state index contributed by atoms with van der Waals surface area (Å²) in [6, 6.07) is 14.2. The minimum absolute atomic E-state index is 0.328. The summed E-state index contributed by atoms with van der Waals surface area (Å²) in [6.07, 6.45) is 2.23. The highest BCUT2D eigenvalue weighted by Crippen LogP contribution is 2.32. The molecule has 0 spiro atoms. The third-order valence-corrected chi connectivity index (χ3v) is 7.52. The standard InChI is InChI=1S/C24H25N3O2S/c1-15(2)16-9-10-20-18(12-16)22(28)24(29)27(20)14-26-11-5-6-17(13-26)23-25-19-7-3-4-8-21(19)30-23/h3-4,7-10,12,15,17H,5-6,11,13-14H2,1-2H3/p+1/t17-/m1/s1. The quantitative estimate of drug-likeness (QED) is 0.659. The van der Waals surface area contributed by atoms with E-state index in [1.54, 1.807) is 16.2 Å². The molecule has 1 saturated heterocycles. The van der Waals surface area contributed by atoms with E-state index in [1.807, 2.05) is 24.3 Å². The zero-order valence-corrected chi connectivity index (χ0v) is 18.2. The SMILES string of the molecule is CC(C)c1ccc2c(c1)C(=O)C(=O)N2C[NH+]1CCC[C@@H](c2nc3ccccc3s2)C1. The van der Waals surface area contributed by atoms with Crippen LogP contribution in [0.2, 0.25) is 0 Å². The number of thiazole rings is 1. The van der Waals surface area contributed by atoms with Crippen LogP contribution in [0.25, 0.3) is 10.2 Å². The smallest absolute Gasteiger partial charge is 0.303 e. The summed E-state index contributed by atoms with van der Waals surface area (Å²) in [5.74, 6) is -0.0240. The van der Waals surface area contributed by atoms with Gasteiger partial charge in [-0.3, -0.25) is 14.5 Å². The van der Waals surface area contributed by atoms with E-state index < -0.39 is 0 Å². The maximum Gasteiger partial charge on any atom is 0.303 e. The van der Waals surface area contributed by atoms with E-state index in [0.29, 0.717) is 24.1 Å². The van der Waals surface area contributed by atoms with Gasteiger partial charge in [0.2, 0.25) is 0 Å². The molecule has 1 amide bonds. The summed E-state index contributed by atoms with van der Waals surface area (Å²) in [4.78, 5) is 33.2. The third-order valence-electron chi connectivity index (χ3n) is 6.32. The predicted molar refractivity (Wildman–Crippen MR) is 120 cm³/mol. The van der Waals surface area contributed by atoms with Gasteiger partial charge in [0.15, 0.2) is 6.67 Å². The van der Waals surface area contributed by atoms with Crippen LogP contribution in [0.3, 0.4) is 0 Å². The summed E-state index contributed by atoms with van der Waals surface area (Å²) in [7, 11) is 0. The van der Waals surface area contributed by atoms with Crippen LogP contribution in [-0.4, -0.2) is 36.4 Å². The average molecular weight is 421 g/mol. The van der Waals surface area contributed by atoms with E-state index in [-0.39, 0.29) is 11.7 Å². The molecule has 0 saturated carbocycles. The summed E-state index contributed by atoms with van der Waals surface area (Å²) in [5, 5.41) is 1.19. The number of anilines is 1. The number of hydrogen-bond acceptors (Lipinski definition) is 4. The number of piperidine rings is 1. The van der Waals surface area contributed by atoms with Crippen LogP contribution >= 0.6 is 11.3 Å². The van der Waals surface area contributed by atoms with Crippen molar-refractivity contribution in [3.05, 3.63) is 58.6 Å². The summed E-state index contributed by atoms with van der Waals surface area (Å²) in [6.45, 7) is 6.69. The highest BCUT2D eigenvalue weighted by molar-refractivity contribution is 7.18. The number of likely N-dealkylation sites (tertiary alicyclic amines) is 1. The number of Topliss-reactive ketones (excluding diaryl/α,β-unsaturated/α-hetero) is 1. The van der Waals surface area contributed by atoms with Crippen LogP contribution in [0.1, 0.15) is 59.5 Å². The van der Waals surface area contributed by atoms with E-state index in [0.717, 1.165) is 42.7 Å². The highest BCUT2D eigenvalue weighted by atomic mass is 32.1. The summed E-state index contributed by atoms with van der Waals surface area (Å²) >= 11 is 1.78. The molecule has 154 valence electrons. The Labute approximate surface area is 180 Å². The number of carbonyl (C=O) groups is 2. The minimum Gasteiger partial charge on any atom is -0.317 e. The Morgan fingerprint density at radius 3 is 2.83 bits per heavy atom.